The molecule has 0 unspecified atom stereocenters. The molecule has 0 amide bonds. The minimum Gasteiger partial charge on any atom is -0.475 e. The number of halogens is 3. The summed E-state index contributed by atoms with van der Waals surface area (Å²) in [5.74, 6) is -2.83. The number of pyridine rings is 1. The highest BCUT2D eigenvalue weighted by atomic mass is 19.4. The second-order valence-corrected chi connectivity index (χ2v) is 5.93. The summed E-state index contributed by atoms with van der Waals surface area (Å²) in [5, 5.41) is 13.4. The number of nitrogens with zero attached hydrogens (tertiary/aromatic N) is 3. The van der Waals surface area contributed by atoms with Crippen LogP contribution in [-0.2, 0) is 25.6 Å². The van der Waals surface area contributed by atoms with Gasteiger partial charge in [-0.1, -0.05) is 6.07 Å². The number of hydrogen-bond acceptors (Lipinski definition) is 4. The maximum atomic E-state index is 13.5. The Morgan fingerprint density at radius 3 is 2.77 bits per heavy atom. The molecule has 0 spiro atoms. The highest BCUT2D eigenvalue weighted by Crippen LogP contribution is 2.46. The molecule has 1 N–H and O–H groups in total. The number of alkyl halides is 3. The second kappa shape index (κ2) is 5.72. The number of carbonyl (C=O) groups is 1. The summed E-state index contributed by atoms with van der Waals surface area (Å²) < 4.78 is 47.1. The summed E-state index contributed by atoms with van der Waals surface area (Å²) in [7, 11) is 0. The molecule has 0 saturated carbocycles. The number of carboxylic acid groups (broad SMARTS) is 1. The van der Waals surface area contributed by atoms with Crippen LogP contribution in [0.15, 0.2) is 35.0 Å². The zero-order valence-electron chi connectivity index (χ0n) is 13.2. The van der Waals surface area contributed by atoms with Gasteiger partial charge in [0.2, 0.25) is 5.76 Å². The standard InChI is InChI=1S/C17H12F3N3O3/c18-17(19,20)13-12-11(26-15(13)16(24)25)5-4-9-7-23(22-14(9)12)8-10-3-1-2-6-21-10/h1-3,6-7H,4-5,8H2,(H,24,25). The third-order valence-electron chi connectivity index (χ3n) is 4.20. The van der Waals surface area contributed by atoms with Gasteiger partial charge in [0.15, 0.2) is 0 Å². The van der Waals surface area contributed by atoms with Crippen molar-refractivity contribution < 1.29 is 27.5 Å². The van der Waals surface area contributed by atoms with Crippen LogP contribution in [0.25, 0.3) is 11.3 Å². The molecule has 0 aromatic carbocycles. The Morgan fingerprint density at radius 2 is 2.12 bits per heavy atom. The van der Waals surface area contributed by atoms with Gasteiger partial charge in [0.05, 0.1) is 23.5 Å². The summed E-state index contributed by atoms with van der Waals surface area (Å²) in [6.07, 6.45) is -0.957. The molecule has 26 heavy (non-hydrogen) atoms. The van der Waals surface area contributed by atoms with Crippen molar-refractivity contribution >= 4 is 5.97 Å². The number of aryl methyl sites for hydroxylation is 2. The molecule has 6 nitrogen and oxygen atoms in total. The van der Waals surface area contributed by atoms with E-state index in [4.69, 9.17) is 9.52 Å². The summed E-state index contributed by atoms with van der Waals surface area (Å²) in [5.41, 5.74) is -0.0931. The van der Waals surface area contributed by atoms with Crippen LogP contribution in [0, 0.1) is 0 Å². The maximum Gasteiger partial charge on any atom is 0.421 e. The lowest BCUT2D eigenvalue weighted by atomic mass is 9.93. The molecule has 0 aliphatic heterocycles. The fourth-order valence-electron chi connectivity index (χ4n) is 3.17. The van der Waals surface area contributed by atoms with Gasteiger partial charge in [0.1, 0.15) is 11.3 Å². The Morgan fingerprint density at radius 1 is 1.31 bits per heavy atom. The topological polar surface area (TPSA) is 81.1 Å². The van der Waals surface area contributed by atoms with Gasteiger partial charge in [-0.2, -0.15) is 18.3 Å². The van der Waals surface area contributed by atoms with Gasteiger partial charge in [-0.05, 0) is 24.1 Å². The summed E-state index contributed by atoms with van der Waals surface area (Å²) in [4.78, 5) is 15.4. The highest BCUT2D eigenvalue weighted by molar-refractivity contribution is 5.90. The molecule has 0 fully saturated rings. The highest BCUT2D eigenvalue weighted by Gasteiger charge is 2.45. The van der Waals surface area contributed by atoms with Gasteiger partial charge < -0.3 is 9.52 Å². The van der Waals surface area contributed by atoms with E-state index in [1.807, 2.05) is 0 Å². The van der Waals surface area contributed by atoms with Crippen molar-refractivity contribution in [1.29, 1.82) is 0 Å². The van der Waals surface area contributed by atoms with Crippen molar-refractivity contribution in [3.8, 4) is 11.3 Å². The van der Waals surface area contributed by atoms with E-state index in [1.165, 1.54) is 4.68 Å². The Labute approximate surface area is 144 Å². The smallest absolute Gasteiger partial charge is 0.421 e. The first-order chi connectivity index (χ1) is 12.3. The molecule has 1 aliphatic carbocycles. The predicted octanol–water partition coefficient (Wildman–Crippen LogP) is 3.40. The van der Waals surface area contributed by atoms with Crippen LogP contribution >= 0.6 is 0 Å². The Bertz CT molecular complexity index is 990. The quantitative estimate of drug-likeness (QED) is 0.771. The molecule has 134 valence electrons. The number of hydrogen-bond donors (Lipinski definition) is 1. The van der Waals surface area contributed by atoms with Gasteiger partial charge in [-0.3, -0.25) is 9.67 Å². The predicted molar refractivity (Wildman–Crippen MR) is 82.6 cm³/mol. The van der Waals surface area contributed by atoms with E-state index in [-0.39, 0.29) is 23.4 Å². The maximum absolute atomic E-state index is 13.5. The number of fused-ring (bicyclic) bond motifs is 3. The SMILES string of the molecule is O=C(O)c1oc2c(c1C(F)(F)F)-c1nn(Cc3ccccn3)cc1CC2. The first kappa shape index (κ1) is 16.4. The molecular weight excluding hydrogens is 351 g/mol. The van der Waals surface area contributed by atoms with Crippen molar-refractivity contribution in [2.24, 2.45) is 0 Å². The van der Waals surface area contributed by atoms with Crippen molar-refractivity contribution in [3.63, 3.8) is 0 Å². The van der Waals surface area contributed by atoms with E-state index < -0.39 is 23.5 Å². The average molecular weight is 363 g/mol. The molecule has 4 rings (SSSR count). The van der Waals surface area contributed by atoms with Crippen LogP contribution in [0.3, 0.4) is 0 Å². The molecule has 0 bridgehead atoms. The van der Waals surface area contributed by atoms with Crippen LogP contribution in [0.4, 0.5) is 13.2 Å². The lowest BCUT2D eigenvalue weighted by Crippen LogP contribution is -2.13. The molecule has 9 heteroatoms. The van der Waals surface area contributed by atoms with Crippen molar-refractivity contribution in [3.05, 3.63) is 58.9 Å². The van der Waals surface area contributed by atoms with E-state index in [1.54, 1.807) is 30.6 Å². The van der Waals surface area contributed by atoms with Crippen molar-refractivity contribution in [2.45, 2.75) is 25.6 Å². The van der Waals surface area contributed by atoms with Gasteiger partial charge in [-0.15, -0.1) is 0 Å². The Balaban J connectivity index is 1.83. The van der Waals surface area contributed by atoms with E-state index in [2.05, 4.69) is 10.1 Å². The zero-order valence-corrected chi connectivity index (χ0v) is 13.2. The van der Waals surface area contributed by atoms with Crippen LogP contribution in [0.1, 0.15) is 33.1 Å². The number of aromatic carboxylic acids is 1. The van der Waals surface area contributed by atoms with E-state index >= 15 is 0 Å². The monoisotopic (exact) mass is 363 g/mol. The minimum absolute atomic E-state index is 0.00492. The lowest BCUT2D eigenvalue weighted by Gasteiger charge is -2.12. The van der Waals surface area contributed by atoms with Gasteiger partial charge in [0.25, 0.3) is 0 Å². The molecule has 3 aromatic heterocycles. The van der Waals surface area contributed by atoms with Crippen LogP contribution < -0.4 is 0 Å². The third kappa shape index (κ3) is 2.65. The number of rotatable bonds is 3. The van der Waals surface area contributed by atoms with Gasteiger partial charge in [0, 0.05) is 18.8 Å². The van der Waals surface area contributed by atoms with Crippen LogP contribution in [0.5, 0.6) is 0 Å². The van der Waals surface area contributed by atoms with E-state index in [0.717, 1.165) is 0 Å². The third-order valence-corrected chi connectivity index (χ3v) is 4.20. The Hall–Kier alpha value is -3.10. The fourth-order valence-corrected chi connectivity index (χ4v) is 3.17. The first-order valence-corrected chi connectivity index (χ1v) is 7.77. The average Bonchev–Trinajstić information content (AvgIpc) is 3.15. The molecule has 0 atom stereocenters. The van der Waals surface area contributed by atoms with Gasteiger partial charge >= 0.3 is 12.1 Å². The summed E-state index contributed by atoms with van der Waals surface area (Å²) in [6, 6.07) is 5.35. The summed E-state index contributed by atoms with van der Waals surface area (Å²) in [6.45, 7) is 0.300. The Kier molecular flexibility index (Phi) is 3.60. The largest absolute Gasteiger partial charge is 0.475 e. The second-order valence-electron chi connectivity index (χ2n) is 5.93. The molecule has 3 heterocycles. The number of furan rings is 1. The van der Waals surface area contributed by atoms with E-state index in [0.29, 0.717) is 24.2 Å². The van der Waals surface area contributed by atoms with Crippen molar-refractivity contribution in [2.75, 3.05) is 0 Å². The lowest BCUT2D eigenvalue weighted by molar-refractivity contribution is -0.138. The summed E-state index contributed by atoms with van der Waals surface area (Å²) >= 11 is 0. The van der Waals surface area contributed by atoms with E-state index in [9.17, 15) is 18.0 Å². The normalized spacial score (nSPS) is 13.3. The molecule has 0 radical (unpaired) electrons. The number of carboxylic acids is 1. The first-order valence-electron chi connectivity index (χ1n) is 7.77. The molecular formula is C17H12F3N3O3. The van der Waals surface area contributed by atoms with Crippen molar-refractivity contribution in [1.82, 2.24) is 14.8 Å². The molecule has 0 saturated heterocycles. The fraction of sp³-hybridized carbons (Fsp3) is 0.235. The molecule has 3 aromatic rings. The zero-order chi connectivity index (χ0) is 18.5. The molecule has 1 aliphatic rings. The number of aromatic nitrogens is 3. The minimum atomic E-state index is -4.86. The van der Waals surface area contributed by atoms with Crippen LogP contribution in [-0.4, -0.2) is 25.8 Å². The van der Waals surface area contributed by atoms with Crippen LogP contribution in [0.2, 0.25) is 0 Å². The van der Waals surface area contributed by atoms with Gasteiger partial charge in [-0.25, -0.2) is 4.79 Å².